The summed E-state index contributed by atoms with van der Waals surface area (Å²) < 4.78 is 12.2. The van der Waals surface area contributed by atoms with Crippen LogP contribution in [0.4, 0.5) is 11.5 Å². The van der Waals surface area contributed by atoms with Crippen molar-refractivity contribution in [3.8, 4) is 11.5 Å². The van der Waals surface area contributed by atoms with Gasteiger partial charge in [0, 0.05) is 18.0 Å². The molecular formula is C21H24N4O3S. The summed E-state index contributed by atoms with van der Waals surface area (Å²) in [5, 5.41) is 12.0. The third kappa shape index (κ3) is 4.89. The maximum atomic E-state index is 12.8. The molecule has 0 aliphatic carbocycles. The number of nitrogens with zero attached hydrogens (tertiary/aromatic N) is 3. The van der Waals surface area contributed by atoms with Crippen LogP contribution < -0.4 is 20.3 Å². The lowest BCUT2D eigenvalue weighted by molar-refractivity contribution is 0.354. The molecule has 0 aliphatic heterocycles. The van der Waals surface area contributed by atoms with Crippen molar-refractivity contribution in [3.63, 3.8) is 0 Å². The van der Waals surface area contributed by atoms with Gasteiger partial charge in [-0.05, 0) is 43.7 Å². The zero-order chi connectivity index (χ0) is 20.8. The summed E-state index contributed by atoms with van der Waals surface area (Å²) in [7, 11) is 3.21. The SMILES string of the molecule is CCn1c(SCc2ccc(OC)c(OC)c2)nnc(Nc2ccc(C)cc2)c1=O. The number of nitrogens with one attached hydrogen (secondary N) is 1. The Hall–Kier alpha value is -3.00. The maximum absolute atomic E-state index is 12.8. The summed E-state index contributed by atoms with van der Waals surface area (Å²) in [6, 6.07) is 13.5. The first-order chi connectivity index (χ1) is 14.0. The normalized spacial score (nSPS) is 10.6. The first kappa shape index (κ1) is 20.7. The summed E-state index contributed by atoms with van der Waals surface area (Å²) in [4.78, 5) is 12.8. The van der Waals surface area contributed by atoms with E-state index < -0.39 is 0 Å². The van der Waals surface area contributed by atoms with E-state index in [0.717, 1.165) is 16.8 Å². The van der Waals surface area contributed by atoms with Crippen molar-refractivity contribution >= 4 is 23.3 Å². The monoisotopic (exact) mass is 412 g/mol. The molecule has 29 heavy (non-hydrogen) atoms. The van der Waals surface area contributed by atoms with Crippen molar-refractivity contribution in [2.24, 2.45) is 0 Å². The van der Waals surface area contributed by atoms with Crippen LogP contribution in [-0.2, 0) is 12.3 Å². The molecule has 0 radical (unpaired) electrons. The average Bonchev–Trinajstić information content (AvgIpc) is 2.75. The number of ether oxygens (including phenoxy) is 2. The van der Waals surface area contributed by atoms with Gasteiger partial charge in [0.1, 0.15) is 0 Å². The molecule has 8 heteroatoms. The van der Waals surface area contributed by atoms with Crippen molar-refractivity contribution in [2.45, 2.75) is 31.3 Å². The molecule has 0 aliphatic rings. The number of aromatic nitrogens is 3. The fourth-order valence-electron chi connectivity index (χ4n) is 2.76. The number of rotatable bonds is 8. The molecule has 2 aromatic carbocycles. The van der Waals surface area contributed by atoms with Gasteiger partial charge in [-0.2, -0.15) is 0 Å². The predicted octanol–water partition coefficient (Wildman–Crippen LogP) is 4.02. The lowest BCUT2D eigenvalue weighted by Crippen LogP contribution is -2.26. The highest BCUT2D eigenvalue weighted by molar-refractivity contribution is 7.98. The van der Waals surface area contributed by atoms with Crippen LogP contribution in [0, 0.1) is 6.92 Å². The van der Waals surface area contributed by atoms with E-state index in [2.05, 4.69) is 15.5 Å². The van der Waals surface area contributed by atoms with Crippen molar-refractivity contribution in [1.82, 2.24) is 14.8 Å². The number of methoxy groups -OCH3 is 2. The quantitative estimate of drug-likeness (QED) is 0.560. The molecule has 0 saturated carbocycles. The van der Waals surface area contributed by atoms with Crippen LogP contribution in [0.5, 0.6) is 11.5 Å². The second-order valence-electron chi connectivity index (χ2n) is 6.35. The fourth-order valence-corrected chi connectivity index (χ4v) is 3.70. The number of hydrogen-bond donors (Lipinski definition) is 1. The Morgan fingerprint density at radius 1 is 1.03 bits per heavy atom. The Bertz CT molecular complexity index is 1040. The Balaban J connectivity index is 1.79. The van der Waals surface area contributed by atoms with Gasteiger partial charge < -0.3 is 14.8 Å². The molecule has 0 bridgehead atoms. The molecule has 7 nitrogen and oxygen atoms in total. The van der Waals surface area contributed by atoms with E-state index in [1.165, 1.54) is 11.8 Å². The summed E-state index contributed by atoms with van der Waals surface area (Å²) >= 11 is 1.45. The first-order valence-corrected chi connectivity index (χ1v) is 10.2. The Morgan fingerprint density at radius 2 is 1.76 bits per heavy atom. The number of thioether (sulfide) groups is 1. The highest BCUT2D eigenvalue weighted by atomic mass is 32.2. The zero-order valence-electron chi connectivity index (χ0n) is 16.9. The van der Waals surface area contributed by atoms with E-state index >= 15 is 0 Å². The molecular weight excluding hydrogens is 388 g/mol. The summed E-state index contributed by atoms with van der Waals surface area (Å²) in [6.45, 7) is 4.43. The lowest BCUT2D eigenvalue weighted by Gasteiger charge is -2.12. The van der Waals surface area contributed by atoms with Crippen LogP contribution in [0.25, 0.3) is 0 Å². The van der Waals surface area contributed by atoms with Gasteiger partial charge in [-0.25, -0.2) is 0 Å². The summed E-state index contributed by atoms with van der Waals surface area (Å²) in [6.07, 6.45) is 0. The third-order valence-corrected chi connectivity index (χ3v) is 5.40. The fraction of sp³-hybridized carbons (Fsp3) is 0.286. The molecule has 152 valence electrons. The molecule has 1 N–H and O–H groups in total. The zero-order valence-corrected chi connectivity index (χ0v) is 17.7. The topological polar surface area (TPSA) is 78.3 Å². The molecule has 0 amide bonds. The number of benzene rings is 2. The molecule has 3 aromatic rings. The van der Waals surface area contributed by atoms with Crippen molar-refractivity contribution in [1.29, 1.82) is 0 Å². The minimum atomic E-state index is -0.196. The van der Waals surface area contributed by atoms with Gasteiger partial charge in [0.2, 0.25) is 5.82 Å². The van der Waals surface area contributed by atoms with E-state index in [9.17, 15) is 4.79 Å². The first-order valence-electron chi connectivity index (χ1n) is 9.20. The van der Waals surface area contributed by atoms with Crippen molar-refractivity contribution in [3.05, 3.63) is 63.9 Å². The van der Waals surface area contributed by atoms with Gasteiger partial charge in [-0.1, -0.05) is 35.5 Å². The number of aryl methyl sites for hydroxylation is 1. The van der Waals surface area contributed by atoms with Crippen LogP contribution in [0.3, 0.4) is 0 Å². The van der Waals surface area contributed by atoms with Crippen molar-refractivity contribution < 1.29 is 9.47 Å². The van der Waals surface area contributed by atoms with E-state index in [1.54, 1.807) is 18.8 Å². The minimum absolute atomic E-state index is 0.196. The number of anilines is 2. The van der Waals surface area contributed by atoms with Crippen molar-refractivity contribution in [2.75, 3.05) is 19.5 Å². The lowest BCUT2D eigenvalue weighted by atomic mass is 10.2. The van der Waals surface area contributed by atoms with E-state index in [-0.39, 0.29) is 11.4 Å². The van der Waals surface area contributed by atoms with Crippen LogP contribution in [0.15, 0.2) is 52.4 Å². The average molecular weight is 413 g/mol. The molecule has 1 aromatic heterocycles. The molecule has 0 unspecified atom stereocenters. The van der Waals surface area contributed by atoms with Gasteiger partial charge in [-0.3, -0.25) is 9.36 Å². The summed E-state index contributed by atoms with van der Waals surface area (Å²) in [5.74, 6) is 2.19. The minimum Gasteiger partial charge on any atom is -0.493 e. The molecule has 0 atom stereocenters. The Labute approximate surface area is 174 Å². The Morgan fingerprint density at radius 3 is 2.41 bits per heavy atom. The standard InChI is InChI=1S/C21H24N4O3S/c1-5-25-20(26)19(22-16-9-6-14(2)7-10-16)23-24-21(25)29-13-15-8-11-17(27-3)18(12-15)28-4/h6-12H,5,13H2,1-4H3,(H,22,23). The van der Waals surface area contributed by atoms with Gasteiger partial charge in [-0.15, -0.1) is 10.2 Å². The van der Waals surface area contributed by atoms with Crippen LogP contribution in [-0.4, -0.2) is 29.0 Å². The highest BCUT2D eigenvalue weighted by Crippen LogP contribution is 2.30. The van der Waals surface area contributed by atoms with Gasteiger partial charge >= 0.3 is 0 Å². The highest BCUT2D eigenvalue weighted by Gasteiger charge is 2.13. The second kappa shape index (κ2) is 9.47. The smallest absolute Gasteiger partial charge is 0.297 e. The maximum Gasteiger partial charge on any atom is 0.297 e. The van der Waals surface area contributed by atoms with E-state index in [4.69, 9.17) is 9.47 Å². The van der Waals surface area contributed by atoms with Crippen LogP contribution in [0.1, 0.15) is 18.1 Å². The molecule has 0 spiro atoms. The van der Waals surface area contributed by atoms with Gasteiger partial charge in [0.15, 0.2) is 16.7 Å². The largest absolute Gasteiger partial charge is 0.493 e. The molecule has 3 rings (SSSR count). The van der Waals surface area contributed by atoms with Gasteiger partial charge in [0.05, 0.1) is 14.2 Å². The van der Waals surface area contributed by atoms with E-state index in [0.29, 0.717) is 29.0 Å². The second-order valence-corrected chi connectivity index (χ2v) is 7.29. The van der Waals surface area contributed by atoms with Crippen LogP contribution >= 0.6 is 11.8 Å². The third-order valence-electron chi connectivity index (χ3n) is 4.36. The molecule has 0 saturated heterocycles. The Kier molecular flexibility index (Phi) is 6.77. The summed E-state index contributed by atoms with van der Waals surface area (Å²) in [5.41, 5.74) is 2.79. The molecule has 0 fully saturated rings. The van der Waals surface area contributed by atoms with Crippen LogP contribution in [0.2, 0.25) is 0 Å². The predicted molar refractivity (Wildman–Crippen MR) is 116 cm³/mol. The molecule has 1 heterocycles. The number of hydrogen-bond acceptors (Lipinski definition) is 7. The van der Waals surface area contributed by atoms with Gasteiger partial charge in [0.25, 0.3) is 5.56 Å². The van der Waals surface area contributed by atoms with E-state index in [1.807, 2.05) is 56.3 Å².